The molecule has 2 amide bonds. The van der Waals surface area contributed by atoms with Crippen LogP contribution in [0, 0.1) is 0 Å². The molecule has 0 spiro atoms. The third-order valence-corrected chi connectivity index (χ3v) is 5.83. The van der Waals surface area contributed by atoms with Crippen molar-refractivity contribution in [3.8, 4) is 0 Å². The first-order valence-electron chi connectivity index (χ1n) is 14.8. The summed E-state index contributed by atoms with van der Waals surface area (Å²) in [4.78, 5) is 41.2. The van der Waals surface area contributed by atoms with Gasteiger partial charge in [0.25, 0.3) is 5.91 Å². The zero-order valence-electron chi connectivity index (χ0n) is 25.1. The molecule has 1 heterocycles. The maximum atomic E-state index is 12.5. The Morgan fingerprint density at radius 1 is 0.837 bits per heavy atom. The van der Waals surface area contributed by atoms with Crippen molar-refractivity contribution < 1.29 is 29.3 Å². The van der Waals surface area contributed by atoms with Gasteiger partial charge in [0.15, 0.2) is 0 Å². The second-order valence-electron chi connectivity index (χ2n) is 9.45. The number of nitrogens with one attached hydrogen (secondary N) is 2. The lowest BCUT2D eigenvalue weighted by molar-refractivity contribution is -0.156. The zero-order valence-corrected chi connectivity index (χ0v) is 25.1. The lowest BCUT2D eigenvalue weighted by Gasteiger charge is -2.21. The normalized spacial score (nSPS) is 12.9. The fraction of sp³-hybridized carbons (Fsp3) is 0.412. The quantitative estimate of drug-likeness (QED) is 0.113. The van der Waals surface area contributed by atoms with Gasteiger partial charge in [0.2, 0.25) is 5.91 Å². The first-order valence-corrected chi connectivity index (χ1v) is 14.8. The number of carbonyl (C=O) groups is 3. The Hall–Kier alpha value is -4.08. The van der Waals surface area contributed by atoms with Crippen molar-refractivity contribution in [3.63, 3.8) is 0 Å². The summed E-state index contributed by atoms with van der Waals surface area (Å²) in [6.07, 6.45) is 33.2. The highest BCUT2D eigenvalue weighted by atomic mass is 16.6. The molecule has 1 atom stereocenters. The van der Waals surface area contributed by atoms with E-state index in [1.165, 1.54) is 12.4 Å². The fourth-order valence-corrected chi connectivity index (χ4v) is 3.49. The van der Waals surface area contributed by atoms with Crippen LogP contribution in [-0.4, -0.2) is 64.9 Å². The maximum Gasteiger partial charge on any atom is 0.330 e. The molecular formula is C34H47N3O6. The molecule has 9 nitrogen and oxygen atoms in total. The number of rotatable bonds is 22. The highest BCUT2D eigenvalue weighted by Gasteiger charge is 2.25. The molecular weight excluding hydrogens is 546 g/mol. The van der Waals surface area contributed by atoms with Crippen LogP contribution in [0.15, 0.2) is 97.4 Å². The Bertz CT molecular complexity index is 1090. The molecule has 0 aliphatic heterocycles. The van der Waals surface area contributed by atoms with Gasteiger partial charge < -0.3 is 25.6 Å². The van der Waals surface area contributed by atoms with Crippen molar-refractivity contribution >= 4 is 17.8 Å². The predicted molar refractivity (Wildman–Crippen MR) is 170 cm³/mol. The second-order valence-corrected chi connectivity index (χ2v) is 9.45. The molecule has 9 heteroatoms. The van der Waals surface area contributed by atoms with Crippen LogP contribution < -0.4 is 10.6 Å². The minimum absolute atomic E-state index is 0.131. The number of esters is 1. The molecule has 0 aliphatic rings. The van der Waals surface area contributed by atoms with Crippen LogP contribution >= 0.6 is 0 Å². The lowest BCUT2D eigenvalue weighted by Crippen LogP contribution is -2.50. The minimum atomic E-state index is -1.20. The largest absolute Gasteiger partial charge is 0.456 e. The molecule has 1 aromatic heterocycles. The monoisotopic (exact) mass is 593 g/mol. The van der Waals surface area contributed by atoms with Crippen LogP contribution in [0.2, 0.25) is 0 Å². The molecule has 1 aromatic rings. The number of pyridine rings is 1. The van der Waals surface area contributed by atoms with Gasteiger partial charge in [-0.25, -0.2) is 4.79 Å². The number of carbonyl (C=O) groups excluding carboxylic acids is 3. The van der Waals surface area contributed by atoms with Gasteiger partial charge in [0.1, 0.15) is 12.1 Å². The Balaban J connectivity index is 2.35. The summed E-state index contributed by atoms with van der Waals surface area (Å²) in [7, 11) is 0. The summed E-state index contributed by atoms with van der Waals surface area (Å²) < 4.78 is 5.04. The molecule has 4 N–H and O–H groups in total. The van der Waals surface area contributed by atoms with Crippen LogP contribution in [0.25, 0.3) is 0 Å². The van der Waals surface area contributed by atoms with E-state index < -0.39 is 43.1 Å². The van der Waals surface area contributed by atoms with E-state index >= 15 is 0 Å². The molecule has 234 valence electrons. The number of hydrogen-bond donors (Lipinski definition) is 4. The first-order chi connectivity index (χ1) is 21.0. The Labute approximate surface area is 255 Å². The summed E-state index contributed by atoms with van der Waals surface area (Å²) in [5, 5.41) is 23.6. The number of allylic oxidation sites excluding steroid dienone is 12. The van der Waals surface area contributed by atoms with Crippen molar-refractivity contribution in [1.29, 1.82) is 0 Å². The first kappa shape index (κ1) is 36.9. The summed E-state index contributed by atoms with van der Waals surface area (Å²) in [5.41, 5.74) is 0.294. The molecule has 0 radical (unpaired) electrons. The third-order valence-electron chi connectivity index (χ3n) is 5.83. The SMILES string of the molecule is CC/C=C\C/C=C\C/C=C\C/C=C\C/C=C\C/C=C\CCC(=O)NC(CNC(=O)c1cccnc1)C(=O)OC(CO)CO. The molecule has 1 rings (SSSR count). The van der Waals surface area contributed by atoms with Gasteiger partial charge in [0.05, 0.1) is 18.8 Å². The molecule has 0 fully saturated rings. The van der Waals surface area contributed by atoms with Gasteiger partial charge in [-0.15, -0.1) is 0 Å². The Morgan fingerprint density at radius 2 is 1.37 bits per heavy atom. The highest BCUT2D eigenvalue weighted by molar-refractivity contribution is 5.94. The molecule has 43 heavy (non-hydrogen) atoms. The molecule has 0 aliphatic carbocycles. The van der Waals surface area contributed by atoms with E-state index in [4.69, 9.17) is 4.74 Å². The molecule has 0 bridgehead atoms. The van der Waals surface area contributed by atoms with Crippen molar-refractivity contribution in [1.82, 2.24) is 15.6 Å². The van der Waals surface area contributed by atoms with E-state index in [0.717, 1.165) is 38.5 Å². The summed E-state index contributed by atoms with van der Waals surface area (Å²) in [6.45, 7) is 0.746. The van der Waals surface area contributed by atoms with Crippen LogP contribution in [0.5, 0.6) is 0 Å². The summed E-state index contributed by atoms with van der Waals surface area (Å²) in [5.74, 6) is -1.75. The van der Waals surface area contributed by atoms with Crippen molar-refractivity contribution in [3.05, 3.63) is 103 Å². The minimum Gasteiger partial charge on any atom is -0.456 e. The number of aromatic nitrogens is 1. The predicted octanol–water partition coefficient (Wildman–Crippen LogP) is 4.67. The topological polar surface area (TPSA) is 138 Å². The van der Waals surface area contributed by atoms with E-state index in [1.807, 2.05) is 12.2 Å². The summed E-state index contributed by atoms with van der Waals surface area (Å²) in [6, 6.07) is 1.97. The zero-order chi connectivity index (χ0) is 31.4. The number of nitrogens with zero attached hydrogens (tertiary/aromatic N) is 1. The summed E-state index contributed by atoms with van der Waals surface area (Å²) >= 11 is 0. The van der Waals surface area contributed by atoms with Crippen LogP contribution in [0.3, 0.4) is 0 Å². The average Bonchev–Trinajstić information content (AvgIpc) is 3.03. The van der Waals surface area contributed by atoms with Crippen molar-refractivity contribution in [2.24, 2.45) is 0 Å². The number of amides is 2. The Morgan fingerprint density at radius 3 is 1.86 bits per heavy atom. The van der Waals surface area contributed by atoms with E-state index in [-0.39, 0.29) is 13.0 Å². The maximum absolute atomic E-state index is 12.5. The van der Waals surface area contributed by atoms with E-state index in [9.17, 15) is 24.6 Å². The average molecular weight is 594 g/mol. The van der Waals surface area contributed by atoms with Gasteiger partial charge in [-0.2, -0.15) is 0 Å². The van der Waals surface area contributed by atoms with Crippen molar-refractivity contribution in [2.75, 3.05) is 19.8 Å². The third kappa shape index (κ3) is 19.6. The van der Waals surface area contributed by atoms with Crippen LogP contribution in [0.1, 0.15) is 68.6 Å². The van der Waals surface area contributed by atoms with E-state index in [0.29, 0.717) is 12.0 Å². The number of ether oxygens (including phenoxy) is 1. The molecule has 0 saturated heterocycles. The smallest absolute Gasteiger partial charge is 0.330 e. The molecule has 0 saturated carbocycles. The van der Waals surface area contributed by atoms with Gasteiger partial charge in [-0.3, -0.25) is 14.6 Å². The number of aliphatic hydroxyl groups excluding tert-OH is 2. The van der Waals surface area contributed by atoms with E-state index in [1.54, 1.807) is 12.1 Å². The number of hydrogen-bond acceptors (Lipinski definition) is 7. The van der Waals surface area contributed by atoms with E-state index in [2.05, 4.69) is 83.3 Å². The van der Waals surface area contributed by atoms with Gasteiger partial charge in [-0.05, 0) is 57.1 Å². The molecule has 1 unspecified atom stereocenters. The van der Waals surface area contributed by atoms with Crippen LogP contribution in [0.4, 0.5) is 0 Å². The van der Waals surface area contributed by atoms with Gasteiger partial charge >= 0.3 is 5.97 Å². The molecule has 0 aromatic carbocycles. The van der Waals surface area contributed by atoms with Crippen molar-refractivity contribution in [2.45, 2.75) is 70.4 Å². The fourth-order valence-electron chi connectivity index (χ4n) is 3.49. The standard InChI is InChI=1S/C34H47N3O6/c1-2-3-4-5-6-7-8-9-10-11-12-13-14-15-16-17-18-19-20-23-32(40)37-31(34(42)43-30(27-38)28-39)26-36-33(41)29-22-21-24-35-25-29/h3-4,6-7,9-10,12-13,15-16,18-19,21-22,24-25,30-31,38-39H,2,5,8,11,14,17,20,23,26-28H2,1H3,(H,36,41)(H,37,40)/b4-3-,7-6-,10-9-,13-12-,16-15-,19-18-. The van der Waals surface area contributed by atoms with Gasteiger partial charge in [0, 0.05) is 25.4 Å². The number of aliphatic hydroxyl groups is 2. The van der Waals surface area contributed by atoms with Gasteiger partial charge in [-0.1, -0.05) is 79.8 Å². The Kier molecular flexibility index (Phi) is 22.0. The van der Waals surface area contributed by atoms with Crippen LogP contribution in [-0.2, 0) is 14.3 Å². The lowest BCUT2D eigenvalue weighted by atomic mass is 10.2. The second kappa shape index (κ2) is 25.6. The highest BCUT2D eigenvalue weighted by Crippen LogP contribution is 2.01.